The summed E-state index contributed by atoms with van der Waals surface area (Å²) in [5, 5.41) is 8.85. The number of fused-ring (bicyclic) bond motifs is 1. The van der Waals surface area contributed by atoms with Gasteiger partial charge in [-0.15, -0.1) is 10.2 Å². The van der Waals surface area contributed by atoms with Gasteiger partial charge in [-0.3, -0.25) is 4.79 Å². The Labute approximate surface area is 125 Å². The molecule has 5 heteroatoms. The zero-order valence-corrected chi connectivity index (χ0v) is 11.5. The van der Waals surface area contributed by atoms with Crippen LogP contribution in [0.3, 0.4) is 0 Å². The Balaban J connectivity index is 1.74. The summed E-state index contributed by atoms with van der Waals surface area (Å²) in [4.78, 5) is 15.4. The highest BCUT2D eigenvalue weighted by molar-refractivity contribution is 6.06. The number of rotatable bonds is 3. The molecule has 0 amide bonds. The van der Waals surface area contributed by atoms with Crippen molar-refractivity contribution >= 4 is 16.7 Å². The molecule has 22 heavy (non-hydrogen) atoms. The predicted octanol–water partition coefficient (Wildman–Crippen LogP) is 3.45. The van der Waals surface area contributed by atoms with Gasteiger partial charge in [0.25, 0.3) is 5.89 Å². The zero-order chi connectivity index (χ0) is 14.9. The summed E-state index contributed by atoms with van der Waals surface area (Å²) in [5.74, 6) is 0.0439. The van der Waals surface area contributed by atoms with E-state index in [4.69, 9.17) is 4.42 Å². The van der Waals surface area contributed by atoms with Crippen molar-refractivity contribution in [3.63, 3.8) is 0 Å². The standard InChI is InChI=1S/C17H11N3O2/c21-15(11-6-2-1-3-7-11)17-20-19-16(22-17)13-10-18-14-9-5-4-8-12(13)14/h1-10,18H. The lowest BCUT2D eigenvalue weighted by Crippen LogP contribution is -2.00. The first-order chi connectivity index (χ1) is 10.8. The van der Waals surface area contributed by atoms with Crippen LogP contribution in [0.5, 0.6) is 0 Å². The topological polar surface area (TPSA) is 71.8 Å². The van der Waals surface area contributed by atoms with Gasteiger partial charge in [0.1, 0.15) is 0 Å². The van der Waals surface area contributed by atoms with Crippen molar-refractivity contribution in [2.24, 2.45) is 0 Å². The van der Waals surface area contributed by atoms with Crippen molar-refractivity contribution in [2.45, 2.75) is 0 Å². The number of para-hydroxylation sites is 1. The second-order valence-corrected chi connectivity index (χ2v) is 4.86. The highest BCUT2D eigenvalue weighted by Crippen LogP contribution is 2.27. The van der Waals surface area contributed by atoms with Crippen LogP contribution in [0.4, 0.5) is 0 Å². The molecule has 0 aliphatic heterocycles. The van der Waals surface area contributed by atoms with Gasteiger partial charge in [-0.2, -0.15) is 0 Å². The number of aromatic amines is 1. The number of nitrogens with one attached hydrogen (secondary N) is 1. The molecule has 0 bridgehead atoms. The number of H-pyrrole nitrogens is 1. The molecule has 4 rings (SSSR count). The first-order valence-corrected chi connectivity index (χ1v) is 6.82. The molecule has 0 radical (unpaired) electrons. The normalized spacial score (nSPS) is 10.9. The van der Waals surface area contributed by atoms with Gasteiger partial charge in [-0.05, 0) is 6.07 Å². The summed E-state index contributed by atoms with van der Waals surface area (Å²) in [6, 6.07) is 16.7. The minimum Gasteiger partial charge on any atom is -0.413 e. The van der Waals surface area contributed by atoms with Crippen LogP contribution in [0.1, 0.15) is 16.2 Å². The van der Waals surface area contributed by atoms with Gasteiger partial charge >= 0.3 is 0 Å². The fourth-order valence-electron chi connectivity index (χ4n) is 2.39. The van der Waals surface area contributed by atoms with Gasteiger partial charge in [0, 0.05) is 22.7 Å². The summed E-state index contributed by atoms with van der Waals surface area (Å²) in [6.45, 7) is 0. The highest BCUT2D eigenvalue weighted by Gasteiger charge is 2.19. The van der Waals surface area contributed by atoms with Crippen LogP contribution in [0.2, 0.25) is 0 Å². The molecule has 0 spiro atoms. The monoisotopic (exact) mass is 289 g/mol. The molecule has 2 aromatic carbocycles. The number of aromatic nitrogens is 3. The molecular formula is C17H11N3O2. The predicted molar refractivity (Wildman–Crippen MR) is 81.5 cm³/mol. The average molecular weight is 289 g/mol. The zero-order valence-electron chi connectivity index (χ0n) is 11.5. The van der Waals surface area contributed by atoms with Gasteiger partial charge in [0.15, 0.2) is 0 Å². The molecule has 0 unspecified atom stereocenters. The number of benzene rings is 2. The number of hydrogen-bond donors (Lipinski definition) is 1. The minimum atomic E-state index is -0.279. The first-order valence-electron chi connectivity index (χ1n) is 6.82. The van der Waals surface area contributed by atoms with E-state index in [1.54, 1.807) is 30.5 Å². The Morgan fingerprint density at radius 3 is 2.59 bits per heavy atom. The molecule has 0 saturated heterocycles. The van der Waals surface area contributed by atoms with Crippen LogP contribution in [0.15, 0.2) is 65.2 Å². The summed E-state index contributed by atoms with van der Waals surface area (Å²) in [7, 11) is 0. The number of carbonyl (C=O) groups excluding carboxylic acids is 1. The Bertz CT molecular complexity index is 954. The van der Waals surface area contributed by atoms with Crippen molar-refractivity contribution in [1.29, 1.82) is 0 Å². The van der Waals surface area contributed by atoms with Crippen LogP contribution in [-0.4, -0.2) is 21.0 Å². The molecule has 0 saturated carbocycles. The lowest BCUT2D eigenvalue weighted by Gasteiger charge is -1.94. The third-order valence-electron chi connectivity index (χ3n) is 3.47. The molecule has 2 aromatic heterocycles. The van der Waals surface area contributed by atoms with Crippen molar-refractivity contribution in [2.75, 3.05) is 0 Å². The Kier molecular flexibility index (Phi) is 2.83. The van der Waals surface area contributed by atoms with Crippen molar-refractivity contribution in [1.82, 2.24) is 15.2 Å². The van der Waals surface area contributed by atoms with Gasteiger partial charge in [-0.1, -0.05) is 48.5 Å². The van der Waals surface area contributed by atoms with Crippen LogP contribution in [0.25, 0.3) is 22.4 Å². The quantitative estimate of drug-likeness (QED) is 0.586. The largest absolute Gasteiger partial charge is 0.413 e. The number of hydrogen-bond acceptors (Lipinski definition) is 4. The molecule has 0 atom stereocenters. The fraction of sp³-hybridized carbons (Fsp3) is 0. The molecule has 106 valence electrons. The molecule has 0 aliphatic carbocycles. The fourth-order valence-corrected chi connectivity index (χ4v) is 2.39. The molecule has 0 aliphatic rings. The second-order valence-electron chi connectivity index (χ2n) is 4.86. The van der Waals surface area contributed by atoms with E-state index in [-0.39, 0.29) is 11.7 Å². The Morgan fingerprint density at radius 2 is 1.73 bits per heavy atom. The molecule has 2 heterocycles. The molecule has 0 fully saturated rings. The molecule has 5 nitrogen and oxygen atoms in total. The van der Waals surface area contributed by atoms with Gasteiger partial charge in [-0.25, -0.2) is 0 Å². The van der Waals surface area contributed by atoms with Crippen LogP contribution >= 0.6 is 0 Å². The molecule has 1 N–H and O–H groups in total. The van der Waals surface area contributed by atoms with Gasteiger partial charge in [0.05, 0.1) is 5.56 Å². The molecular weight excluding hydrogens is 278 g/mol. The molecule has 4 aromatic rings. The third kappa shape index (κ3) is 2.00. The Hall–Kier alpha value is -3.21. The van der Waals surface area contributed by atoms with E-state index in [1.165, 1.54) is 0 Å². The van der Waals surface area contributed by atoms with Crippen LogP contribution in [-0.2, 0) is 0 Å². The summed E-state index contributed by atoms with van der Waals surface area (Å²) in [5.41, 5.74) is 2.29. The maximum Gasteiger partial charge on any atom is 0.289 e. The third-order valence-corrected chi connectivity index (χ3v) is 3.47. The number of nitrogens with zero attached hydrogens (tertiary/aromatic N) is 2. The SMILES string of the molecule is O=C(c1ccccc1)c1nnc(-c2c[nH]c3ccccc23)o1. The summed E-state index contributed by atoms with van der Waals surface area (Å²) in [6.07, 6.45) is 1.80. The second kappa shape index (κ2) is 4.96. The van der Waals surface area contributed by atoms with Crippen molar-refractivity contribution in [3.05, 3.63) is 72.2 Å². The first kappa shape index (κ1) is 12.5. The minimum absolute atomic E-state index is 0.00789. The average Bonchev–Trinajstić information content (AvgIpc) is 3.21. The number of carbonyl (C=O) groups is 1. The summed E-state index contributed by atoms with van der Waals surface area (Å²) >= 11 is 0. The van der Waals surface area contributed by atoms with Crippen LogP contribution in [0, 0.1) is 0 Å². The Morgan fingerprint density at radius 1 is 0.955 bits per heavy atom. The van der Waals surface area contributed by atoms with E-state index in [0.717, 1.165) is 16.5 Å². The number of ketones is 1. The van der Waals surface area contributed by atoms with E-state index in [0.29, 0.717) is 11.5 Å². The van der Waals surface area contributed by atoms with E-state index in [2.05, 4.69) is 15.2 Å². The maximum atomic E-state index is 12.3. The lowest BCUT2D eigenvalue weighted by molar-refractivity contribution is 0.100. The lowest BCUT2D eigenvalue weighted by atomic mass is 10.1. The van der Waals surface area contributed by atoms with Gasteiger partial charge in [0.2, 0.25) is 11.7 Å². The summed E-state index contributed by atoms with van der Waals surface area (Å²) < 4.78 is 5.56. The van der Waals surface area contributed by atoms with E-state index < -0.39 is 0 Å². The highest BCUT2D eigenvalue weighted by atomic mass is 16.4. The van der Waals surface area contributed by atoms with Crippen molar-refractivity contribution < 1.29 is 9.21 Å². The van der Waals surface area contributed by atoms with E-state index in [9.17, 15) is 4.79 Å². The van der Waals surface area contributed by atoms with E-state index >= 15 is 0 Å². The smallest absolute Gasteiger partial charge is 0.289 e. The van der Waals surface area contributed by atoms with Crippen molar-refractivity contribution in [3.8, 4) is 11.5 Å². The van der Waals surface area contributed by atoms with Crippen LogP contribution < -0.4 is 0 Å². The van der Waals surface area contributed by atoms with Gasteiger partial charge < -0.3 is 9.40 Å². The van der Waals surface area contributed by atoms with E-state index in [1.807, 2.05) is 30.3 Å². The maximum absolute atomic E-state index is 12.3.